The molecular weight excluding hydrogens is 247 g/mol. The predicted molar refractivity (Wildman–Crippen MR) is 68.9 cm³/mol. The van der Waals surface area contributed by atoms with Gasteiger partial charge in [-0.15, -0.1) is 12.4 Å². The maximum absolute atomic E-state index is 11.2. The summed E-state index contributed by atoms with van der Waals surface area (Å²) in [7, 11) is 0. The Morgan fingerprint density at radius 2 is 2.25 bits per heavy atom. The van der Waals surface area contributed by atoms with E-state index in [2.05, 4.69) is 5.32 Å². The first kappa shape index (κ1) is 15.2. The van der Waals surface area contributed by atoms with Crippen LogP contribution in [0.4, 0.5) is 0 Å². The zero-order valence-corrected chi connectivity index (χ0v) is 10.6. The van der Waals surface area contributed by atoms with Crippen molar-refractivity contribution in [2.45, 2.75) is 19.4 Å². The number of amides is 1. The van der Waals surface area contributed by atoms with Crippen LogP contribution >= 0.6 is 24.0 Å². The second-order valence-corrected chi connectivity index (χ2v) is 3.72. The molecule has 1 aromatic rings. The molecule has 0 heterocycles. The molecule has 0 spiro atoms. The predicted octanol–water partition coefficient (Wildman–Crippen LogP) is 2.29. The Morgan fingerprint density at radius 1 is 1.56 bits per heavy atom. The molecule has 0 fully saturated rings. The average Bonchev–Trinajstić information content (AvgIpc) is 2.25. The molecule has 1 unspecified atom stereocenters. The van der Waals surface area contributed by atoms with Crippen molar-refractivity contribution in [2.75, 3.05) is 6.54 Å². The summed E-state index contributed by atoms with van der Waals surface area (Å²) in [5.74, 6) is -0.151. The first-order valence-corrected chi connectivity index (χ1v) is 5.30. The van der Waals surface area contributed by atoms with Gasteiger partial charge in [-0.2, -0.15) is 0 Å². The fourth-order valence-corrected chi connectivity index (χ4v) is 1.60. The Balaban J connectivity index is 0.00000225. The Hall–Kier alpha value is -0.770. The first-order chi connectivity index (χ1) is 7.17. The standard InChI is InChI=1S/C11H15ClN2O.ClH/c1-2-10(14-11(15)7-13)8-4-3-5-9(12)6-8;/h3-6,10H,2,7,13H2,1H3,(H,14,15);1H. The molecule has 1 rings (SSSR count). The highest BCUT2D eigenvalue weighted by molar-refractivity contribution is 6.30. The highest BCUT2D eigenvalue weighted by Gasteiger charge is 2.11. The Labute approximate surface area is 107 Å². The minimum absolute atomic E-state index is 0. The van der Waals surface area contributed by atoms with Crippen LogP contribution in [0.3, 0.4) is 0 Å². The number of hydrogen-bond donors (Lipinski definition) is 2. The SMILES string of the molecule is CCC(NC(=O)CN)c1cccc(Cl)c1.Cl. The van der Waals surface area contributed by atoms with Crippen LogP contribution in [0.2, 0.25) is 5.02 Å². The summed E-state index contributed by atoms with van der Waals surface area (Å²) in [6.07, 6.45) is 0.812. The van der Waals surface area contributed by atoms with E-state index in [9.17, 15) is 4.79 Å². The normalized spacial score (nSPS) is 11.4. The van der Waals surface area contributed by atoms with Crippen molar-refractivity contribution in [1.82, 2.24) is 5.32 Å². The summed E-state index contributed by atoms with van der Waals surface area (Å²) in [4.78, 5) is 11.2. The molecule has 0 aromatic heterocycles. The fourth-order valence-electron chi connectivity index (χ4n) is 1.40. The van der Waals surface area contributed by atoms with Gasteiger partial charge in [0, 0.05) is 5.02 Å². The second kappa shape index (κ2) is 7.49. The van der Waals surface area contributed by atoms with E-state index >= 15 is 0 Å². The van der Waals surface area contributed by atoms with Crippen molar-refractivity contribution in [2.24, 2.45) is 5.73 Å². The molecule has 0 saturated heterocycles. The van der Waals surface area contributed by atoms with Gasteiger partial charge in [0.1, 0.15) is 0 Å². The van der Waals surface area contributed by atoms with Crippen LogP contribution in [-0.4, -0.2) is 12.5 Å². The molecule has 0 bridgehead atoms. The minimum Gasteiger partial charge on any atom is -0.348 e. The zero-order chi connectivity index (χ0) is 11.3. The largest absolute Gasteiger partial charge is 0.348 e. The van der Waals surface area contributed by atoms with E-state index in [-0.39, 0.29) is 30.9 Å². The van der Waals surface area contributed by atoms with Crippen LogP contribution in [0.1, 0.15) is 24.9 Å². The van der Waals surface area contributed by atoms with Gasteiger partial charge >= 0.3 is 0 Å². The monoisotopic (exact) mass is 262 g/mol. The quantitative estimate of drug-likeness (QED) is 0.875. The van der Waals surface area contributed by atoms with Crippen molar-refractivity contribution >= 4 is 29.9 Å². The van der Waals surface area contributed by atoms with Crippen molar-refractivity contribution < 1.29 is 4.79 Å². The van der Waals surface area contributed by atoms with Crippen LogP contribution in [0, 0.1) is 0 Å². The molecule has 1 atom stereocenters. The van der Waals surface area contributed by atoms with Crippen LogP contribution in [0.25, 0.3) is 0 Å². The number of carbonyl (C=O) groups is 1. The topological polar surface area (TPSA) is 55.1 Å². The van der Waals surface area contributed by atoms with Crippen molar-refractivity contribution in [3.05, 3.63) is 34.9 Å². The number of carbonyl (C=O) groups excluding carboxylic acids is 1. The molecule has 0 aliphatic rings. The van der Waals surface area contributed by atoms with Gasteiger partial charge in [0.05, 0.1) is 12.6 Å². The molecular formula is C11H16Cl2N2O. The van der Waals surface area contributed by atoms with E-state index in [1.165, 1.54) is 0 Å². The second-order valence-electron chi connectivity index (χ2n) is 3.29. The summed E-state index contributed by atoms with van der Waals surface area (Å²) < 4.78 is 0. The van der Waals surface area contributed by atoms with Crippen LogP contribution in [-0.2, 0) is 4.79 Å². The van der Waals surface area contributed by atoms with E-state index in [1.54, 1.807) is 0 Å². The summed E-state index contributed by atoms with van der Waals surface area (Å²) in [5, 5.41) is 3.51. The average molecular weight is 263 g/mol. The lowest BCUT2D eigenvalue weighted by Crippen LogP contribution is -2.33. The third-order valence-electron chi connectivity index (χ3n) is 2.18. The lowest BCUT2D eigenvalue weighted by atomic mass is 10.0. The molecule has 1 amide bonds. The van der Waals surface area contributed by atoms with Gasteiger partial charge in [-0.25, -0.2) is 0 Å². The lowest BCUT2D eigenvalue weighted by molar-refractivity contribution is -0.120. The van der Waals surface area contributed by atoms with Crippen molar-refractivity contribution in [3.63, 3.8) is 0 Å². The molecule has 3 N–H and O–H groups in total. The Kier molecular flexibility index (Phi) is 7.13. The number of nitrogens with one attached hydrogen (secondary N) is 1. The van der Waals surface area contributed by atoms with E-state index in [1.807, 2.05) is 31.2 Å². The fraction of sp³-hybridized carbons (Fsp3) is 0.364. The molecule has 5 heteroatoms. The lowest BCUT2D eigenvalue weighted by Gasteiger charge is -2.17. The van der Waals surface area contributed by atoms with Crippen LogP contribution < -0.4 is 11.1 Å². The number of halogens is 2. The van der Waals surface area contributed by atoms with Gasteiger partial charge in [-0.05, 0) is 24.1 Å². The Bertz CT molecular complexity index is 345. The van der Waals surface area contributed by atoms with Gasteiger partial charge in [-0.3, -0.25) is 4.79 Å². The van der Waals surface area contributed by atoms with E-state index in [4.69, 9.17) is 17.3 Å². The minimum atomic E-state index is -0.151. The molecule has 0 aliphatic carbocycles. The third kappa shape index (κ3) is 4.39. The van der Waals surface area contributed by atoms with Crippen molar-refractivity contribution in [1.29, 1.82) is 0 Å². The van der Waals surface area contributed by atoms with E-state index in [0.717, 1.165) is 12.0 Å². The summed E-state index contributed by atoms with van der Waals surface area (Å²) in [5.41, 5.74) is 6.25. The van der Waals surface area contributed by atoms with Gasteiger partial charge in [0.2, 0.25) is 5.91 Å². The molecule has 1 aromatic carbocycles. The summed E-state index contributed by atoms with van der Waals surface area (Å²) in [6.45, 7) is 2.01. The molecule has 0 aliphatic heterocycles. The maximum atomic E-state index is 11.2. The van der Waals surface area contributed by atoms with Crippen LogP contribution in [0.5, 0.6) is 0 Å². The van der Waals surface area contributed by atoms with E-state index < -0.39 is 0 Å². The Morgan fingerprint density at radius 3 is 2.75 bits per heavy atom. The zero-order valence-electron chi connectivity index (χ0n) is 9.07. The van der Waals surface area contributed by atoms with Gasteiger partial charge in [-0.1, -0.05) is 30.7 Å². The van der Waals surface area contributed by atoms with Gasteiger partial charge in [0.25, 0.3) is 0 Å². The van der Waals surface area contributed by atoms with Gasteiger partial charge in [0.15, 0.2) is 0 Å². The van der Waals surface area contributed by atoms with Crippen molar-refractivity contribution in [3.8, 4) is 0 Å². The maximum Gasteiger partial charge on any atom is 0.234 e. The number of benzene rings is 1. The highest BCUT2D eigenvalue weighted by atomic mass is 35.5. The number of hydrogen-bond acceptors (Lipinski definition) is 2. The highest BCUT2D eigenvalue weighted by Crippen LogP contribution is 2.19. The molecule has 90 valence electrons. The molecule has 0 radical (unpaired) electrons. The number of nitrogens with two attached hydrogens (primary N) is 1. The molecule has 16 heavy (non-hydrogen) atoms. The summed E-state index contributed by atoms with van der Waals surface area (Å²) in [6, 6.07) is 7.46. The van der Waals surface area contributed by atoms with Gasteiger partial charge < -0.3 is 11.1 Å². The van der Waals surface area contributed by atoms with Crippen LogP contribution in [0.15, 0.2) is 24.3 Å². The third-order valence-corrected chi connectivity index (χ3v) is 2.42. The molecule has 0 saturated carbocycles. The molecule has 3 nitrogen and oxygen atoms in total. The first-order valence-electron chi connectivity index (χ1n) is 4.92. The number of rotatable bonds is 4. The summed E-state index contributed by atoms with van der Waals surface area (Å²) >= 11 is 5.88. The van der Waals surface area contributed by atoms with E-state index in [0.29, 0.717) is 5.02 Å². The smallest absolute Gasteiger partial charge is 0.234 e.